The number of allylic oxidation sites excluding steroid dienone is 2. The fourth-order valence-electron chi connectivity index (χ4n) is 2.37. The van der Waals surface area contributed by atoms with Crippen LogP contribution in [0.1, 0.15) is 0 Å². The van der Waals surface area contributed by atoms with Gasteiger partial charge in [0.15, 0.2) is 0 Å². The third-order valence-electron chi connectivity index (χ3n) is 3.50. The van der Waals surface area contributed by atoms with Gasteiger partial charge in [-0.2, -0.15) is 0 Å². The summed E-state index contributed by atoms with van der Waals surface area (Å²) in [5.41, 5.74) is 5.90. The monoisotopic (exact) mass is 321 g/mol. The third kappa shape index (κ3) is 3.62. The number of fused-ring (bicyclic) bond motifs is 1. The summed E-state index contributed by atoms with van der Waals surface area (Å²) in [6.07, 6.45) is 4.21. The van der Waals surface area contributed by atoms with Crippen molar-refractivity contribution in [3.05, 3.63) is 65.4 Å². The van der Waals surface area contributed by atoms with E-state index in [0.29, 0.717) is 18.4 Å². The van der Waals surface area contributed by atoms with Crippen LogP contribution >= 0.6 is 23.3 Å². The van der Waals surface area contributed by atoms with Crippen molar-refractivity contribution < 1.29 is 4.74 Å². The molecule has 2 aromatic carbocycles. The standard InChI is InChI=1S/C17H19NOS.ClH/c18-12-15(20-10-3-4-11-20)13-19-17-9-5-7-14-6-1-2-8-16(14)17;/h1-11,15,20H,12-13,18H2;1H. The summed E-state index contributed by atoms with van der Waals surface area (Å²) in [5, 5.41) is 7.26. The van der Waals surface area contributed by atoms with Gasteiger partial charge in [0.05, 0.1) is 0 Å². The summed E-state index contributed by atoms with van der Waals surface area (Å²) in [6, 6.07) is 14.5. The molecule has 0 spiro atoms. The number of nitrogens with two attached hydrogens (primary N) is 1. The second kappa shape index (κ2) is 7.55. The normalized spacial score (nSPS) is 16.0. The molecular formula is C17H20ClNOS. The first-order valence-electron chi connectivity index (χ1n) is 6.81. The Morgan fingerprint density at radius 1 is 1.00 bits per heavy atom. The molecule has 0 amide bonds. The second-order valence-corrected chi connectivity index (χ2v) is 7.03. The Labute approximate surface area is 134 Å². The Morgan fingerprint density at radius 2 is 1.71 bits per heavy atom. The second-order valence-electron chi connectivity index (χ2n) is 4.81. The van der Waals surface area contributed by atoms with Gasteiger partial charge >= 0.3 is 0 Å². The van der Waals surface area contributed by atoms with Crippen LogP contribution in [0.2, 0.25) is 0 Å². The lowest BCUT2D eigenvalue weighted by Gasteiger charge is -2.23. The average molecular weight is 322 g/mol. The highest BCUT2D eigenvalue weighted by molar-refractivity contribution is 8.22. The first kappa shape index (κ1) is 16.0. The van der Waals surface area contributed by atoms with Gasteiger partial charge < -0.3 is 10.5 Å². The van der Waals surface area contributed by atoms with Crippen molar-refractivity contribution in [3.63, 3.8) is 0 Å². The number of benzene rings is 2. The fourth-order valence-corrected chi connectivity index (χ4v) is 4.05. The molecule has 1 aliphatic rings. The zero-order valence-corrected chi connectivity index (χ0v) is 13.4. The van der Waals surface area contributed by atoms with Crippen LogP contribution < -0.4 is 10.5 Å². The SMILES string of the molecule is Cl.NCC(COc1cccc2ccccc12)[SH]1C=CC=C1. The molecule has 0 bridgehead atoms. The van der Waals surface area contributed by atoms with Crippen molar-refractivity contribution in [1.29, 1.82) is 0 Å². The van der Waals surface area contributed by atoms with Crippen LogP contribution in [-0.2, 0) is 0 Å². The van der Waals surface area contributed by atoms with Crippen molar-refractivity contribution in [2.24, 2.45) is 5.73 Å². The van der Waals surface area contributed by atoms with E-state index < -0.39 is 0 Å². The van der Waals surface area contributed by atoms with Crippen LogP contribution in [0.15, 0.2) is 65.4 Å². The molecule has 112 valence electrons. The van der Waals surface area contributed by atoms with Crippen molar-refractivity contribution in [2.45, 2.75) is 5.25 Å². The van der Waals surface area contributed by atoms with Crippen LogP contribution in [0.5, 0.6) is 5.75 Å². The summed E-state index contributed by atoms with van der Waals surface area (Å²) in [7, 11) is -0.259. The maximum absolute atomic E-state index is 6.05. The maximum atomic E-state index is 6.05. The van der Waals surface area contributed by atoms with E-state index in [0.717, 1.165) is 11.1 Å². The van der Waals surface area contributed by atoms with Crippen LogP contribution in [0.4, 0.5) is 0 Å². The Kier molecular flexibility index (Phi) is 5.74. The highest BCUT2D eigenvalue weighted by Gasteiger charge is 2.15. The molecule has 3 rings (SSSR count). The van der Waals surface area contributed by atoms with E-state index in [1.165, 1.54) is 5.39 Å². The first-order chi connectivity index (χ1) is 9.88. The van der Waals surface area contributed by atoms with Gasteiger partial charge in [-0.25, -0.2) is 10.9 Å². The molecule has 1 aliphatic heterocycles. The van der Waals surface area contributed by atoms with Crippen molar-refractivity contribution in [3.8, 4) is 5.75 Å². The topological polar surface area (TPSA) is 35.2 Å². The predicted molar refractivity (Wildman–Crippen MR) is 96.8 cm³/mol. The van der Waals surface area contributed by atoms with Gasteiger partial charge in [0.25, 0.3) is 0 Å². The molecular weight excluding hydrogens is 302 g/mol. The summed E-state index contributed by atoms with van der Waals surface area (Å²) < 4.78 is 6.05. The van der Waals surface area contributed by atoms with Gasteiger partial charge in [-0.3, -0.25) is 0 Å². The maximum Gasteiger partial charge on any atom is 0.127 e. The Balaban J connectivity index is 0.00000161. The lowest BCUT2D eigenvalue weighted by Crippen LogP contribution is -2.26. The fraction of sp³-hybridized carbons (Fsp3) is 0.176. The minimum atomic E-state index is -0.259. The number of halogens is 1. The quantitative estimate of drug-likeness (QED) is 0.816. The smallest absolute Gasteiger partial charge is 0.127 e. The van der Waals surface area contributed by atoms with Crippen molar-refractivity contribution in [2.75, 3.05) is 13.2 Å². The number of ether oxygens (including phenoxy) is 1. The van der Waals surface area contributed by atoms with E-state index in [4.69, 9.17) is 10.5 Å². The molecule has 0 fully saturated rings. The van der Waals surface area contributed by atoms with E-state index in [1.54, 1.807) is 0 Å². The minimum absolute atomic E-state index is 0. The van der Waals surface area contributed by atoms with Crippen LogP contribution in [0.25, 0.3) is 10.8 Å². The lowest BCUT2D eigenvalue weighted by atomic mass is 10.1. The molecule has 0 saturated carbocycles. The largest absolute Gasteiger partial charge is 0.492 e. The van der Waals surface area contributed by atoms with Gasteiger partial charge in [-0.05, 0) is 22.3 Å². The highest BCUT2D eigenvalue weighted by atomic mass is 35.5. The molecule has 0 aromatic heterocycles. The molecule has 1 unspecified atom stereocenters. The number of hydrogen-bond acceptors (Lipinski definition) is 2. The average Bonchev–Trinajstić information content (AvgIpc) is 3.02. The third-order valence-corrected chi connectivity index (χ3v) is 5.74. The minimum Gasteiger partial charge on any atom is -0.492 e. The van der Waals surface area contributed by atoms with Crippen LogP contribution in [-0.4, -0.2) is 18.4 Å². The van der Waals surface area contributed by atoms with E-state index in [2.05, 4.69) is 41.2 Å². The molecule has 1 atom stereocenters. The molecule has 4 heteroatoms. The van der Waals surface area contributed by atoms with Gasteiger partial charge in [0.2, 0.25) is 0 Å². The summed E-state index contributed by atoms with van der Waals surface area (Å²) in [4.78, 5) is 0. The van der Waals surface area contributed by atoms with Crippen LogP contribution in [0.3, 0.4) is 0 Å². The molecule has 2 nitrogen and oxygen atoms in total. The highest BCUT2D eigenvalue weighted by Crippen LogP contribution is 2.38. The molecule has 2 aromatic rings. The Bertz CT molecular complexity index is 639. The molecule has 0 aliphatic carbocycles. The van der Waals surface area contributed by atoms with Gasteiger partial charge in [-0.1, -0.05) is 48.6 Å². The lowest BCUT2D eigenvalue weighted by molar-refractivity contribution is 0.322. The van der Waals surface area contributed by atoms with E-state index in [9.17, 15) is 0 Å². The van der Waals surface area contributed by atoms with Crippen LogP contribution in [0, 0.1) is 0 Å². The molecule has 0 saturated heterocycles. The van der Waals surface area contributed by atoms with Gasteiger partial charge in [0, 0.05) is 17.2 Å². The Hall–Kier alpha value is -1.42. The van der Waals surface area contributed by atoms with E-state index in [-0.39, 0.29) is 23.3 Å². The zero-order valence-electron chi connectivity index (χ0n) is 11.7. The van der Waals surface area contributed by atoms with Crippen molar-refractivity contribution in [1.82, 2.24) is 0 Å². The number of hydrogen-bond donors (Lipinski definition) is 2. The van der Waals surface area contributed by atoms with Gasteiger partial charge in [-0.15, -0.1) is 12.4 Å². The first-order valence-corrected chi connectivity index (χ1v) is 8.36. The van der Waals surface area contributed by atoms with Gasteiger partial charge in [0.1, 0.15) is 12.4 Å². The zero-order chi connectivity index (χ0) is 13.8. The molecule has 0 radical (unpaired) electrons. The number of thiol groups is 1. The van der Waals surface area contributed by atoms with E-state index >= 15 is 0 Å². The van der Waals surface area contributed by atoms with Crippen molar-refractivity contribution >= 4 is 34.1 Å². The molecule has 21 heavy (non-hydrogen) atoms. The Morgan fingerprint density at radius 3 is 2.48 bits per heavy atom. The predicted octanol–water partition coefficient (Wildman–Crippen LogP) is 4.01. The summed E-state index contributed by atoms with van der Waals surface area (Å²) in [6.45, 7) is 1.33. The van der Waals surface area contributed by atoms with E-state index in [1.807, 2.05) is 24.3 Å². The summed E-state index contributed by atoms with van der Waals surface area (Å²) in [5.74, 6) is 0.948. The molecule has 1 heterocycles. The number of rotatable bonds is 5. The summed E-state index contributed by atoms with van der Waals surface area (Å²) >= 11 is 0. The molecule has 2 N–H and O–H groups in total.